The third-order valence-corrected chi connectivity index (χ3v) is 5.35. The van der Waals surface area contributed by atoms with Crippen LogP contribution in [0.1, 0.15) is 28.8 Å². The van der Waals surface area contributed by atoms with Crippen LogP contribution in [0.15, 0.2) is 45.3 Å². The van der Waals surface area contributed by atoms with Gasteiger partial charge in [-0.25, -0.2) is 18.8 Å². The summed E-state index contributed by atoms with van der Waals surface area (Å²) in [5, 5.41) is -0.526. The average molecular weight is 409 g/mol. The number of thioether (sulfide) groups is 1. The Morgan fingerprint density at radius 1 is 1.14 bits per heavy atom. The fraction of sp³-hybridized carbons (Fsp3) is 0.222. The average Bonchev–Trinajstić information content (AvgIpc) is 3.01. The van der Waals surface area contributed by atoms with E-state index >= 15 is 0 Å². The zero-order valence-corrected chi connectivity index (χ0v) is 15.0. The number of nitrogens with zero attached hydrogens (tertiary/aromatic N) is 3. The van der Waals surface area contributed by atoms with Gasteiger partial charge in [0.15, 0.2) is 5.84 Å². The molecule has 1 atom stereocenters. The third-order valence-electron chi connectivity index (χ3n) is 4.17. The molecule has 3 heterocycles. The smallest absolute Gasteiger partial charge is 0.387 e. The van der Waals surface area contributed by atoms with E-state index in [0.29, 0.717) is 16.8 Å². The predicted molar refractivity (Wildman–Crippen MR) is 94.7 cm³/mol. The third kappa shape index (κ3) is 3.17. The first-order valence-corrected chi connectivity index (χ1v) is 8.95. The summed E-state index contributed by atoms with van der Waals surface area (Å²) < 4.78 is 55.9. The molecule has 5 nitrogen and oxygen atoms in total. The first kappa shape index (κ1) is 18.6. The molecule has 2 aromatic rings. The van der Waals surface area contributed by atoms with Crippen molar-refractivity contribution >= 4 is 29.2 Å². The van der Waals surface area contributed by atoms with Gasteiger partial charge in [-0.05, 0) is 30.7 Å². The number of amides is 1. The molecule has 0 bridgehead atoms. The van der Waals surface area contributed by atoms with Crippen LogP contribution in [0.25, 0.3) is 0 Å². The number of fused-ring (bicyclic) bond motifs is 3. The summed E-state index contributed by atoms with van der Waals surface area (Å²) in [6, 6.07) is 7.11. The molecule has 0 saturated heterocycles. The summed E-state index contributed by atoms with van der Waals surface area (Å²) in [4.78, 5) is 24.8. The first-order valence-electron chi connectivity index (χ1n) is 8.07. The van der Waals surface area contributed by atoms with Crippen LogP contribution >= 0.6 is 11.8 Å². The highest BCUT2D eigenvalue weighted by Crippen LogP contribution is 2.41. The van der Waals surface area contributed by atoms with E-state index < -0.39 is 24.2 Å². The number of aryl methyl sites for hydroxylation is 1. The van der Waals surface area contributed by atoms with E-state index in [1.807, 2.05) is 0 Å². The van der Waals surface area contributed by atoms with E-state index in [0.717, 1.165) is 11.8 Å². The molecule has 1 aromatic carbocycles. The maximum Gasteiger partial charge on any atom is 0.387 e. The molecule has 0 radical (unpaired) electrons. The molecule has 4 rings (SSSR count). The van der Waals surface area contributed by atoms with E-state index in [4.69, 9.17) is 0 Å². The van der Waals surface area contributed by atoms with Crippen molar-refractivity contribution in [2.75, 3.05) is 0 Å². The van der Waals surface area contributed by atoms with Crippen molar-refractivity contribution < 1.29 is 27.1 Å². The maximum atomic E-state index is 13.0. The lowest BCUT2D eigenvalue weighted by Crippen LogP contribution is -2.29. The summed E-state index contributed by atoms with van der Waals surface area (Å²) in [5.41, 5.74) is 1.07. The number of hydrogen-bond donors (Lipinski definition) is 0. The van der Waals surface area contributed by atoms with Gasteiger partial charge in [-0.3, -0.25) is 4.79 Å². The minimum absolute atomic E-state index is 0.0710. The fourth-order valence-corrected chi connectivity index (χ4v) is 4.23. The zero-order valence-electron chi connectivity index (χ0n) is 14.2. The number of carbonyl (C=O) groups is 1. The standard InChI is InChI=1S/C18H11F4N3O2S/c1-7-6-9(14(19)20)23-17-11(7)12-13(28-17)16(26)25-15(24-12)8-4-2-3-5-10(8)27-18(21)22/h2-6,13-14,18H,1H3. The number of carbonyl (C=O) groups excluding carboxylic acids is 1. The summed E-state index contributed by atoms with van der Waals surface area (Å²) in [5.74, 6) is -0.799. The van der Waals surface area contributed by atoms with Gasteiger partial charge in [-0.2, -0.15) is 13.8 Å². The van der Waals surface area contributed by atoms with Crippen molar-refractivity contribution in [3.63, 3.8) is 0 Å². The number of ether oxygens (including phenoxy) is 1. The molecule has 1 unspecified atom stereocenters. The van der Waals surface area contributed by atoms with E-state index in [1.165, 1.54) is 24.3 Å². The second-order valence-corrected chi connectivity index (χ2v) is 7.08. The van der Waals surface area contributed by atoms with E-state index in [9.17, 15) is 22.4 Å². The van der Waals surface area contributed by atoms with Crippen molar-refractivity contribution in [2.24, 2.45) is 9.98 Å². The van der Waals surface area contributed by atoms with Crippen molar-refractivity contribution in [1.82, 2.24) is 4.98 Å². The van der Waals surface area contributed by atoms with E-state index in [-0.39, 0.29) is 27.9 Å². The maximum absolute atomic E-state index is 13.0. The Balaban J connectivity index is 1.81. The second kappa shape index (κ2) is 7.01. The molecule has 0 spiro atoms. The van der Waals surface area contributed by atoms with Gasteiger partial charge < -0.3 is 4.74 Å². The minimum Gasteiger partial charge on any atom is -0.434 e. The fourth-order valence-electron chi connectivity index (χ4n) is 3.03. The molecule has 0 N–H and O–H groups in total. The Kier molecular flexibility index (Phi) is 4.66. The first-order chi connectivity index (χ1) is 13.3. The van der Waals surface area contributed by atoms with Crippen LogP contribution in [0, 0.1) is 6.92 Å². The van der Waals surface area contributed by atoms with Gasteiger partial charge in [-0.1, -0.05) is 23.9 Å². The Labute approximate surface area is 160 Å². The van der Waals surface area contributed by atoms with Crippen LogP contribution in [0.3, 0.4) is 0 Å². The molecule has 1 aromatic heterocycles. The van der Waals surface area contributed by atoms with Gasteiger partial charge in [0.25, 0.3) is 12.3 Å². The second-order valence-electron chi connectivity index (χ2n) is 5.99. The Bertz CT molecular complexity index is 1040. The molecule has 1 amide bonds. The lowest BCUT2D eigenvalue weighted by Gasteiger charge is -2.16. The highest BCUT2D eigenvalue weighted by molar-refractivity contribution is 8.02. The highest BCUT2D eigenvalue weighted by atomic mass is 32.2. The summed E-state index contributed by atoms with van der Waals surface area (Å²) in [7, 11) is 0. The number of halogens is 4. The molecule has 144 valence electrons. The van der Waals surface area contributed by atoms with Gasteiger partial charge in [0.2, 0.25) is 0 Å². The predicted octanol–water partition coefficient (Wildman–Crippen LogP) is 4.18. The van der Waals surface area contributed by atoms with Gasteiger partial charge in [0, 0.05) is 5.56 Å². The van der Waals surface area contributed by atoms with Gasteiger partial charge in [0.1, 0.15) is 21.7 Å². The van der Waals surface area contributed by atoms with Crippen molar-refractivity contribution in [1.29, 1.82) is 0 Å². The number of hydrogen-bond acceptors (Lipinski definition) is 5. The van der Waals surface area contributed by atoms with E-state index in [2.05, 4.69) is 19.7 Å². The van der Waals surface area contributed by atoms with Crippen molar-refractivity contribution in [3.8, 4) is 5.75 Å². The molecule has 0 saturated carbocycles. The summed E-state index contributed by atoms with van der Waals surface area (Å²) in [6.45, 7) is -1.43. The number of alkyl halides is 4. The number of rotatable bonds is 4. The SMILES string of the molecule is Cc1cc(C(F)F)nc2c1C1=NC(c3ccccc3OC(F)F)=NC(=O)C1S2. The molecule has 2 aliphatic heterocycles. The molecule has 28 heavy (non-hydrogen) atoms. The highest BCUT2D eigenvalue weighted by Gasteiger charge is 2.40. The van der Waals surface area contributed by atoms with Crippen LogP contribution in [0.4, 0.5) is 17.6 Å². The molecular weight excluding hydrogens is 398 g/mol. The van der Waals surface area contributed by atoms with Gasteiger partial charge in [-0.15, -0.1) is 0 Å². The Morgan fingerprint density at radius 3 is 2.61 bits per heavy atom. The van der Waals surface area contributed by atoms with Crippen LogP contribution in [0.2, 0.25) is 0 Å². The monoisotopic (exact) mass is 409 g/mol. The van der Waals surface area contributed by atoms with Crippen LogP contribution in [-0.2, 0) is 4.79 Å². The normalized spacial score (nSPS) is 18.1. The topological polar surface area (TPSA) is 63.9 Å². The molecular formula is C18H11F4N3O2S. The van der Waals surface area contributed by atoms with E-state index in [1.54, 1.807) is 13.0 Å². The van der Waals surface area contributed by atoms with Crippen molar-refractivity contribution in [3.05, 3.63) is 52.7 Å². The number of benzene rings is 1. The van der Waals surface area contributed by atoms with Crippen molar-refractivity contribution in [2.45, 2.75) is 30.2 Å². The number of aromatic nitrogens is 1. The van der Waals surface area contributed by atoms with Crippen LogP contribution in [-0.4, -0.2) is 34.3 Å². The van der Waals surface area contributed by atoms with Gasteiger partial charge >= 0.3 is 6.61 Å². The molecule has 10 heteroatoms. The number of aliphatic imine (C=N–C) groups is 2. The zero-order chi connectivity index (χ0) is 20.0. The molecule has 0 fully saturated rings. The minimum atomic E-state index is -3.05. The Hall–Kier alpha value is -2.75. The number of para-hydroxylation sites is 1. The molecule has 0 aliphatic carbocycles. The van der Waals surface area contributed by atoms with Crippen LogP contribution in [0.5, 0.6) is 5.75 Å². The van der Waals surface area contributed by atoms with Gasteiger partial charge in [0.05, 0.1) is 11.3 Å². The van der Waals surface area contributed by atoms with Crippen LogP contribution < -0.4 is 4.74 Å². The molecule has 2 aliphatic rings. The summed E-state index contributed by atoms with van der Waals surface area (Å²) in [6.07, 6.45) is -2.74. The largest absolute Gasteiger partial charge is 0.434 e. The Morgan fingerprint density at radius 2 is 1.89 bits per heavy atom. The summed E-state index contributed by atoms with van der Waals surface area (Å²) >= 11 is 1.00. The quantitative estimate of drug-likeness (QED) is 0.711. The number of amidine groups is 1. The lowest BCUT2D eigenvalue weighted by atomic mass is 10.0. The lowest BCUT2D eigenvalue weighted by molar-refractivity contribution is -0.116. The number of pyridine rings is 1.